The monoisotopic (exact) mass is 401 g/mol. The second kappa shape index (κ2) is 9.29. The molecule has 2 aliphatic rings. The van der Waals surface area contributed by atoms with Crippen LogP contribution in [0.4, 0.5) is 10.5 Å². The Morgan fingerprint density at radius 2 is 1.90 bits per heavy atom. The third kappa shape index (κ3) is 5.08. The molecule has 1 aromatic carbocycles. The Hall–Kier alpha value is -2.57. The van der Waals surface area contributed by atoms with Crippen molar-refractivity contribution in [2.24, 2.45) is 0 Å². The number of fused-ring (bicyclic) bond motifs is 1. The summed E-state index contributed by atoms with van der Waals surface area (Å²) in [6, 6.07) is 6.76. The summed E-state index contributed by atoms with van der Waals surface area (Å²) in [6.45, 7) is 4.42. The van der Waals surface area contributed by atoms with E-state index < -0.39 is 17.6 Å². The van der Waals surface area contributed by atoms with Gasteiger partial charge < -0.3 is 20.3 Å². The number of anilines is 1. The number of amides is 3. The molecule has 0 radical (unpaired) electrons. The first-order valence-electron chi connectivity index (χ1n) is 10.6. The molecule has 1 aromatic rings. The van der Waals surface area contributed by atoms with E-state index in [1.807, 2.05) is 24.3 Å². The van der Waals surface area contributed by atoms with Gasteiger partial charge >= 0.3 is 12.0 Å². The summed E-state index contributed by atoms with van der Waals surface area (Å²) >= 11 is 0. The molecular weight excluding hydrogens is 370 g/mol. The molecule has 1 unspecified atom stereocenters. The van der Waals surface area contributed by atoms with Crippen molar-refractivity contribution < 1.29 is 19.1 Å². The van der Waals surface area contributed by atoms with Gasteiger partial charge in [0.25, 0.3) is 0 Å². The van der Waals surface area contributed by atoms with Gasteiger partial charge in [-0.05, 0) is 44.7 Å². The number of hydrogen-bond donors (Lipinski definition) is 2. The summed E-state index contributed by atoms with van der Waals surface area (Å²) < 4.78 is 5.10. The van der Waals surface area contributed by atoms with Crippen LogP contribution in [0.3, 0.4) is 0 Å². The molecule has 3 amide bonds. The Labute approximate surface area is 172 Å². The second-order valence-electron chi connectivity index (χ2n) is 8.01. The van der Waals surface area contributed by atoms with Crippen molar-refractivity contribution >= 4 is 23.6 Å². The maximum atomic E-state index is 12.9. The average molecular weight is 402 g/mol. The second-order valence-corrected chi connectivity index (χ2v) is 8.01. The van der Waals surface area contributed by atoms with Gasteiger partial charge in [0, 0.05) is 12.2 Å². The smallest absolute Gasteiger partial charge is 0.315 e. The lowest BCUT2D eigenvalue weighted by Crippen LogP contribution is -2.57. The van der Waals surface area contributed by atoms with E-state index in [0.29, 0.717) is 13.2 Å². The Balaban J connectivity index is 1.61. The van der Waals surface area contributed by atoms with Gasteiger partial charge in [0.2, 0.25) is 5.91 Å². The Morgan fingerprint density at radius 1 is 1.17 bits per heavy atom. The van der Waals surface area contributed by atoms with Gasteiger partial charge in [-0.1, -0.05) is 37.5 Å². The predicted octanol–water partition coefficient (Wildman–Crippen LogP) is 2.92. The number of carbonyl (C=O) groups excluding carboxylic acids is 3. The zero-order valence-corrected chi connectivity index (χ0v) is 17.3. The molecule has 29 heavy (non-hydrogen) atoms. The molecule has 1 aliphatic heterocycles. The summed E-state index contributed by atoms with van der Waals surface area (Å²) in [4.78, 5) is 39.4. The van der Waals surface area contributed by atoms with E-state index in [2.05, 4.69) is 10.6 Å². The van der Waals surface area contributed by atoms with Crippen LogP contribution in [-0.4, -0.2) is 42.6 Å². The fourth-order valence-corrected chi connectivity index (χ4v) is 4.40. The number of esters is 1. The molecule has 0 spiro atoms. The standard InChI is InChI=1S/C22H31N3O4/c1-3-29-19(26)15-22(12-7-4-8-13-22)24-21(28)23-16(2)20(27)25-14-11-17-9-5-6-10-18(17)25/h5-6,9-10,16H,3-4,7-8,11-15H2,1-2H3,(H2,23,24,28). The lowest BCUT2D eigenvalue weighted by atomic mass is 9.79. The van der Waals surface area contributed by atoms with Gasteiger partial charge in [-0.15, -0.1) is 0 Å². The topological polar surface area (TPSA) is 87.7 Å². The maximum absolute atomic E-state index is 12.9. The van der Waals surface area contributed by atoms with E-state index in [9.17, 15) is 14.4 Å². The molecule has 1 atom stereocenters. The summed E-state index contributed by atoms with van der Waals surface area (Å²) in [5, 5.41) is 5.77. The van der Waals surface area contributed by atoms with E-state index in [-0.39, 0.29) is 18.3 Å². The minimum Gasteiger partial charge on any atom is -0.466 e. The van der Waals surface area contributed by atoms with Crippen LogP contribution in [0, 0.1) is 0 Å². The quantitative estimate of drug-likeness (QED) is 0.718. The molecule has 3 rings (SSSR count). The lowest BCUT2D eigenvalue weighted by molar-refractivity contribution is -0.145. The van der Waals surface area contributed by atoms with Crippen LogP contribution >= 0.6 is 0 Å². The number of nitrogens with zero attached hydrogens (tertiary/aromatic N) is 1. The number of para-hydroxylation sites is 1. The Kier molecular flexibility index (Phi) is 6.77. The van der Waals surface area contributed by atoms with Crippen LogP contribution in [0.1, 0.15) is 57.9 Å². The van der Waals surface area contributed by atoms with Crippen molar-refractivity contribution in [2.45, 2.75) is 70.4 Å². The van der Waals surface area contributed by atoms with Crippen LogP contribution in [0.15, 0.2) is 24.3 Å². The first-order valence-corrected chi connectivity index (χ1v) is 10.6. The molecule has 0 aromatic heterocycles. The van der Waals surface area contributed by atoms with Crippen molar-refractivity contribution in [3.05, 3.63) is 29.8 Å². The minimum atomic E-state index is -0.663. The zero-order valence-electron chi connectivity index (χ0n) is 17.3. The molecule has 7 heteroatoms. The highest BCUT2D eigenvalue weighted by Crippen LogP contribution is 2.32. The van der Waals surface area contributed by atoms with Crippen LogP contribution < -0.4 is 15.5 Å². The van der Waals surface area contributed by atoms with Crippen LogP contribution in [0.25, 0.3) is 0 Å². The van der Waals surface area contributed by atoms with Crippen molar-refractivity contribution in [2.75, 3.05) is 18.1 Å². The fraction of sp³-hybridized carbons (Fsp3) is 0.591. The normalized spacial score (nSPS) is 18.5. The summed E-state index contributed by atoms with van der Waals surface area (Å²) in [6.07, 6.45) is 5.47. The highest BCUT2D eigenvalue weighted by atomic mass is 16.5. The lowest BCUT2D eigenvalue weighted by Gasteiger charge is -2.37. The Morgan fingerprint density at radius 3 is 2.62 bits per heavy atom. The number of rotatable bonds is 6. The molecule has 0 bridgehead atoms. The molecule has 1 heterocycles. The molecule has 2 N–H and O–H groups in total. The number of ether oxygens (including phenoxy) is 1. The number of hydrogen-bond acceptors (Lipinski definition) is 4. The molecule has 1 saturated carbocycles. The van der Waals surface area contributed by atoms with Gasteiger partial charge in [-0.25, -0.2) is 4.79 Å². The first-order chi connectivity index (χ1) is 13.9. The SMILES string of the molecule is CCOC(=O)CC1(NC(=O)NC(C)C(=O)N2CCc3ccccc32)CCCCC1. The van der Waals surface area contributed by atoms with E-state index in [1.54, 1.807) is 18.7 Å². The van der Waals surface area contributed by atoms with Gasteiger partial charge in [-0.2, -0.15) is 0 Å². The van der Waals surface area contributed by atoms with Gasteiger partial charge in [0.1, 0.15) is 6.04 Å². The van der Waals surface area contributed by atoms with Crippen molar-refractivity contribution in [3.8, 4) is 0 Å². The summed E-state index contributed by atoms with van der Waals surface area (Å²) in [5.74, 6) is -0.430. The van der Waals surface area contributed by atoms with Gasteiger partial charge in [-0.3, -0.25) is 9.59 Å². The molecule has 1 aliphatic carbocycles. The number of nitrogens with one attached hydrogen (secondary N) is 2. The highest BCUT2D eigenvalue weighted by molar-refractivity contribution is 6.00. The number of benzene rings is 1. The van der Waals surface area contributed by atoms with E-state index in [4.69, 9.17) is 4.74 Å². The highest BCUT2D eigenvalue weighted by Gasteiger charge is 2.37. The molecule has 158 valence electrons. The van der Waals surface area contributed by atoms with E-state index in [1.165, 1.54) is 0 Å². The van der Waals surface area contributed by atoms with E-state index >= 15 is 0 Å². The zero-order chi connectivity index (χ0) is 20.9. The maximum Gasteiger partial charge on any atom is 0.315 e. The van der Waals surface area contributed by atoms with E-state index in [0.717, 1.165) is 49.8 Å². The minimum absolute atomic E-state index is 0.131. The molecule has 0 saturated heterocycles. The third-order valence-electron chi connectivity index (χ3n) is 5.85. The van der Waals surface area contributed by atoms with Crippen LogP contribution in [0.2, 0.25) is 0 Å². The van der Waals surface area contributed by atoms with Crippen molar-refractivity contribution in [1.82, 2.24) is 10.6 Å². The number of urea groups is 1. The first kappa shape index (κ1) is 21.1. The predicted molar refractivity (Wildman–Crippen MR) is 111 cm³/mol. The molecular formula is C22H31N3O4. The van der Waals surface area contributed by atoms with Crippen LogP contribution in [-0.2, 0) is 20.7 Å². The van der Waals surface area contributed by atoms with Crippen molar-refractivity contribution in [1.29, 1.82) is 0 Å². The van der Waals surface area contributed by atoms with Crippen LogP contribution in [0.5, 0.6) is 0 Å². The molecule has 1 fully saturated rings. The summed E-state index contributed by atoms with van der Waals surface area (Å²) in [7, 11) is 0. The van der Waals surface area contributed by atoms with Gasteiger partial charge in [0.05, 0.1) is 18.6 Å². The third-order valence-corrected chi connectivity index (χ3v) is 5.85. The average Bonchev–Trinajstić information content (AvgIpc) is 3.12. The fourth-order valence-electron chi connectivity index (χ4n) is 4.40. The summed E-state index contributed by atoms with van der Waals surface area (Å²) in [5.41, 5.74) is 1.46. The number of carbonyl (C=O) groups is 3. The van der Waals surface area contributed by atoms with Crippen molar-refractivity contribution in [3.63, 3.8) is 0 Å². The Bertz CT molecular complexity index is 758. The molecule has 7 nitrogen and oxygen atoms in total. The van der Waals surface area contributed by atoms with Gasteiger partial charge in [0.15, 0.2) is 0 Å². The largest absolute Gasteiger partial charge is 0.466 e.